The maximum Gasteiger partial charge on any atom is 0.184 e. The summed E-state index contributed by atoms with van der Waals surface area (Å²) >= 11 is 0. The van der Waals surface area contributed by atoms with Gasteiger partial charge in [-0.25, -0.2) is 0 Å². The predicted octanol–water partition coefficient (Wildman–Crippen LogP) is 2.01. The molecule has 0 aromatic carbocycles. The molecule has 54 valence electrons. The predicted molar refractivity (Wildman–Crippen MR) is 45.7 cm³/mol. The zero-order valence-electron chi connectivity index (χ0n) is 6.82. The van der Waals surface area contributed by atoms with Crippen molar-refractivity contribution in [3.8, 4) is 0 Å². The molecule has 0 spiro atoms. The second-order valence-electron chi connectivity index (χ2n) is 4.17. The largest absolute Gasteiger partial charge is 0.421 e. The van der Waals surface area contributed by atoms with E-state index in [4.69, 9.17) is 4.43 Å². The summed E-state index contributed by atoms with van der Waals surface area (Å²) in [5.41, 5.74) is 2.97. The molecule has 0 radical (unpaired) electrons. The average molecular weight is 160 g/mol. The van der Waals surface area contributed by atoms with Crippen LogP contribution < -0.4 is 0 Å². The van der Waals surface area contributed by atoms with Crippen LogP contribution in [0.2, 0.25) is 31.0 Å². The van der Waals surface area contributed by atoms with Gasteiger partial charge in [-0.3, -0.25) is 0 Å². The van der Waals surface area contributed by atoms with Crippen molar-refractivity contribution in [2.45, 2.75) is 31.0 Å². The molecule has 1 fully saturated rings. The summed E-state index contributed by atoms with van der Waals surface area (Å²) < 4.78 is 5.48. The van der Waals surface area contributed by atoms with E-state index in [0.29, 0.717) is 0 Å². The van der Waals surface area contributed by atoms with Crippen LogP contribution in [0, 0.1) is 0 Å². The highest BCUT2D eigenvalue weighted by atomic mass is 28.5. The van der Waals surface area contributed by atoms with Crippen molar-refractivity contribution < 1.29 is 4.43 Å². The summed E-state index contributed by atoms with van der Waals surface area (Å²) in [7, 11) is 0.170. The summed E-state index contributed by atoms with van der Waals surface area (Å²) in [6.07, 6.45) is 0. The van der Waals surface area contributed by atoms with Gasteiger partial charge in [0.05, 0.1) is 0 Å². The van der Waals surface area contributed by atoms with Crippen molar-refractivity contribution in [2.24, 2.45) is 0 Å². The molecule has 0 saturated carbocycles. The Hall–Kier alpha value is 0.394. The Bertz CT molecular complexity index is 114. The third-order valence-electron chi connectivity index (χ3n) is 2.20. The molecular formula is C6H16OSi2. The van der Waals surface area contributed by atoms with Gasteiger partial charge in [-0.1, -0.05) is 13.1 Å². The average Bonchev–Trinajstić information content (AvgIpc) is 1.61. The van der Waals surface area contributed by atoms with Crippen LogP contribution in [0.4, 0.5) is 0 Å². The Morgan fingerprint density at radius 3 is 1.67 bits per heavy atom. The molecule has 0 aromatic heterocycles. The Balaban J connectivity index is 2.41. The van der Waals surface area contributed by atoms with E-state index >= 15 is 0 Å². The van der Waals surface area contributed by atoms with Crippen LogP contribution in [0.5, 0.6) is 0 Å². The smallest absolute Gasteiger partial charge is 0.184 e. The minimum Gasteiger partial charge on any atom is -0.421 e. The van der Waals surface area contributed by atoms with Gasteiger partial charge in [-0.2, -0.15) is 0 Å². The van der Waals surface area contributed by atoms with E-state index in [-0.39, 0.29) is 0 Å². The molecule has 9 heavy (non-hydrogen) atoms. The molecule has 0 amide bonds. The minimum absolute atomic E-state index is 0.670. The van der Waals surface area contributed by atoms with E-state index in [1.54, 1.807) is 0 Å². The van der Waals surface area contributed by atoms with Gasteiger partial charge in [-0.05, 0) is 17.9 Å². The molecule has 0 N–H and O–H groups in total. The summed E-state index contributed by atoms with van der Waals surface area (Å²) in [6, 6.07) is 0. The van der Waals surface area contributed by atoms with E-state index in [9.17, 15) is 0 Å². The van der Waals surface area contributed by atoms with E-state index in [1.807, 2.05) is 7.11 Å². The van der Waals surface area contributed by atoms with Crippen LogP contribution in [0.15, 0.2) is 0 Å². The molecule has 1 aliphatic heterocycles. The van der Waals surface area contributed by atoms with Crippen LogP contribution >= 0.6 is 0 Å². The molecule has 1 aliphatic rings. The summed E-state index contributed by atoms with van der Waals surface area (Å²) in [6.45, 7) is 7.27. The van der Waals surface area contributed by atoms with Gasteiger partial charge in [0.15, 0.2) is 8.32 Å². The Kier molecular flexibility index (Phi) is 1.61. The lowest BCUT2D eigenvalue weighted by Crippen LogP contribution is -2.58. The summed E-state index contributed by atoms with van der Waals surface area (Å²) in [5.74, 6) is 0. The van der Waals surface area contributed by atoms with Crippen LogP contribution in [-0.2, 0) is 4.43 Å². The fourth-order valence-electron chi connectivity index (χ4n) is 2.12. The third-order valence-corrected chi connectivity index (χ3v) is 16.8. The van der Waals surface area contributed by atoms with Crippen LogP contribution in [-0.4, -0.2) is 23.5 Å². The van der Waals surface area contributed by atoms with Crippen molar-refractivity contribution in [2.75, 3.05) is 7.11 Å². The first-order chi connectivity index (χ1) is 3.97. The molecule has 0 aliphatic carbocycles. The Labute approximate surface area is 59.6 Å². The highest BCUT2D eigenvalue weighted by molar-refractivity contribution is 7.09. The topological polar surface area (TPSA) is 9.23 Å². The molecule has 3 heteroatoms. The molecule has 0 atom stereocenters. The van der Waals surface area contributed by atoms with Crippen molar-refractivity contribution in [1.82, 2.24) is 0 Å². The zero-order valence-corrected chi connectivity index (χ0v) is 8.82. The second-order valence-corrected chi connectivity index (χ2v) is 14.6. The molecule has 1 heterocycles. The first-order valence-corrected chi connectivity index (χ1v) is 9.76. The van der Waals surface area contributed by atoms with Gasteiger partial charge < -0.3 is 4.43 Å². The molecule has 1 rings (SSSR count). The third kappa shape index (κ3) is 1.45. The lowest BCUT2D eigenvalue weighted by atomic mass is 11.7. The quantitative estimate of drug-likeness (QED) is 0.533. The molecule has 1 nitrogen and oxygen atoms in total. The summed E-state index contributed by atoms with van der Waals surface area (Å²) in [5, 5.41) is 0. The standard InChI is InChI=1S/C6H16OSi2/c1-7-9(4)5-8(2,3)6-9/h5-6H2,1-4H3. The maximum absolute atomic E-state index is 5.48. The van der Waals surface area contributed by atoms with Gasteiger partial charge >= 0.3 is 0 Å². The first-order valence-electron chi connectivity index (χ1n) is 3.53. The highest BCUT2D eigenvalue weighted by Gasteiger charge is 2.49. The van der Waals surface area contributed by atoms with E-state index in [1.165, 1.54) is 11.3 Å². The fraction of sp³-hybridized carbons (Fsp3) is 1.00. The molecule has 0 unspecified atom stereocenters. The number of hydrogen-bond acceptors (Lipinski definition) is 1. The van der Waals surface area contributed by atoms with Gasteiger partial charge in [0, 0.05) is 15.2 Å². The van der Waals surface area contributed by atoms with Gasteiger partial charge in [0.1, 0.15) is 0 Å². The molecular weight excluding hydrogens is 144 g/mol. The van der Waals surface area contributed by atoms with E-state index in [0.717, 1.165) is 0 Å². The van der Waals surface area contributed by atoms with Crippen molar-refractivity contribution in [3.63, 3.8) is 0 Å². The highest BCUT2D eigenvalue weighted by Crippen LogP contribution is 2.39. The Morgan fingerprint density at radius 1 is 1.11 bits per heavy atom. The Morgan fingerprint density at radius 2 is 1.56 bits per heavy atom. The minimum atomic E-state index is -1.04. The maximum atomic E-state index is 5.48. The van der Waals surface area contributed by atoms with E-state index in [2.05, 4.69) is 19.6 Å². The lowest BCUT2D eigenvalue weighted by molar-refractivity contribution is 0.400. The van der Waals surface area contributed by atoms with Crippen LogP contribution in [0.25, 0.3) is 0 Å². The summed E-state index contributed by atoms with van der Waals surface area (Å²) in [4.78, 5) is 0. The van der Waals surface area contributed by atoms with Crippen LogP contribution in [0.1, 0.15) is 0 Å². The van der Waals surface area contributed by atoms with Crippen molar-refractivity contribution in [1.29, 1.82) is 0 Å². The zero-order chi connectivity index (χ0) is 7.12. The van der Waals surface area contributed by atoms with Gasteiger partial charge in [0.2, 0.25) is 0 Å². The van der Waals surface area contributed by atoms with Gasteiger partial charge in [0.25, 0.3) is 0 Å². The molecule has 0 aromatic rings. The SMILES string of the molecule is CO[Si]1(C)C[Si](C)(C)C1. The second kappa shape index (κ2) is 1.94. The lowest BCUT2D eigenvalue weighted by Gasteiger charge is -2.46. The monoisotopic (exact) mass is 160 g/mol. The van der Waals surface area contributed by atoms with E-state index < -0.39 is 16.4 Å². The number of rotatable bonds is 1. The van der Waals surface area contributed by atoms with Crippen molar-refractivity contribution in [3.05, 3.63) is 0 Å². The first kappa shape index (κ1) is 7.50. The van der Waals surface area contributed by atoms with Crippen molar-refractivity contribution >= 4 is 16.4 Å². The molecule has 1 saturated heterocycles. The van der Waals surface area contributed by atoms with Crippen LogP contribution in [0.3, 0.4) is 0 Å². The van der Waals surface area contributed by atoms with Gasteiger partial charge in [-0.15, -0.1) is 0 Å². The fourth-order valence-corrected chi connectivity index (χ4v) is 19.1. The molecule has 0 bridgehead atoms. The normalized spacial score (nSPS) is 29.3. The number of hydrogen-bond donors (Lipinski definition) is 0.